The van der Waals surface area contributed by atoms with E-state index in [2.05, 4.69) is 4.98 Å². The monoisotopic (exact) mass is 742 g/mol. The van der Waals surface area contributed by atoms with Crippen LogP contribution in [0.4, 0.5) is 0 Å². The molecule has 0 saturated heterocycles. The molecule has 5 rings (SSSR count). The standard InChI is InChI=1S/C20H19NO3S.C13H13ClO3.C7H7NS/c1-4-24-15-10-12(2)16(13(3)11-15)17-18(22)21-19(25-20(17)23)14-8-6-5-7-9-14;1-4-17-10-5-8(2)12(9(3)6-10)11(7-15)13(14)16;8-7(9)6-4-2-1-3-5-6/h5-11,22H,4H2,1-3H3;5-6H,4H2,1-3H3;1-5H,(H2,8,9). The number of aromatic nitrogens is 1. The molecule has 0 atom stereocenters. The molecule has 0 bridgehead atoms. The van der Waals surface area contributed by atoms with Gasteiger partial charge >= 0.3 is 0 Å². The summed E-state index contributed by atoms with van der Waals surface area (Å²) in [6.45, 7) is 12.3. The zero-order chi connectivity index (χ0) is 37.7. The van der Waals surface area contributed by atoms with Gasteiger partial charge in [0.1, 0.15) is 38.6 Å². The summed E-state index contributed by atoms with van der Waals surface area (Å²) in [6.07, 6.45) is 0. The SMILES string of the molecule is CCOc1cc(C)c(-c2c(O)nc(-c3ccccc3)sc2=O)c(C)c1.CCOc1cc(C)c(C(=C=O)C(=O)Cl)c(C)c1.NC(=S)c1ccccc1. The van der Waals surface area contributed by atoms with Crippen LogP contribution in [-0.2, 0) is 9.59 Å². The number of ether oxygens (including phenoxy) is 2. The molecule has 1 heterocycles. The summed E-state index contributed by atoms with van der Waals surface area (Å²) in [7, 11) is 0. The maximum atomic E-state index is 12.7. The van der Waals surface area contributed by atoms with Crippen molar-refractivity contribution >= 4 is 56.9 Å². The molecule has 264 valence electrons. The van der Waals surface area contributed by atoms with E-state index in [1.807, 2.05) is 100 Å². The fraction of sp³-hybridized carbons (Fsp3) is 0.200. The third-order valence-electron chi connectivity index (χ3n) is 7.34. The van der Waals surface area contributed by atoms with Crippen LogP contribution in [0.3, 0.4) is 0 Å². The van der Waals surface area contributed by atoms with E-state index in [1.54, 1.807) is 31.9 Å². The van der Waals surface area contributed by atoms with Crippen LogP contribution in [0.15, 0.2) is 89.7 Å². The van der Waals surface area contributed by atoms with Crippen LogP contribution in [0.2, 0.25) is 0 Å². The number of nitrogens with zero attached hydrogens (tertiary/aromatic N) is 1. The summed E-state index contributed by atoms with van der Waals surface area (Å²) in [6, 6.07) is 26.2. The van der Waals surface area contributed by atoms with Crippen LogP contribution >= 0.6 is 35.2 Å². The number of rotatable bonds is 9. The van der Waals surface area contributed by atoms with Gasteiger partial charge in [0.15, 0.2) is 0 Å². The lowest BCUT2D eigenvalue weighted by molar-refractivity contribution is -0.106. The van der Waals surface area contributed by atoms with E-state index in [1.165, 1.54) is 0 Å². The molecule has 0 unspecified atom stereocenters. The van der Waals surface area contributed by atoms with Crippen LogP contribution in [0.1, 0.15) is 47.2 Å². The summed E-state index contributed by atoms with van der Waals surface area (Å²) in [5, 5.41) is 10.2. The first kappa shape index (κ1) is 40.3. The first-order valence-corrected chi connectivity index (χ1v) is 17.5. The highest BCUT2D eigenvalue weighted by molar-refractivity contribution is 7.80. The van der Waals surface area contributed by atoms with Crippen molar-refractivity contribution in [2.45, 2.75) is 41.5 Å². The Labute approximate surface area is 312 Å². The van der Waals surface area contributed by atoms with Crippen LogP contribution in [0.5, 0.6) is 17.4 Å². The van der Waals surface area contributed by atoms with Gasteiger partial charge in [-0.05, 0) is 105 Å². The zero-order valence-electron chi connectivity index (χ0n) is 29.2. The number of thiocarbonyl (C=S) groups is 1. The second kappa shape index (κ2) is 19.3. The summed E-state index contributed by atoms with van der Waals surface area (Å²) >= 11 is 11.1. The lowest BCUT2D eigenvalue weighted by atomic mass is 9.97. The highest BCUT2D eigenvalue weighted by Gasteiger charge is 2.19. The third kappa shape index (κ3) is 10.9. The molecule has 0 aliphatic heterocycles. The number of halogens is 1. The van der Waals surface area contributed by atoms with E-state index in [9.17, 15) is 19.5 Å². The van der Waals surface area contributed by atoms with Crippen molar-refractivity contribution in [3.63, 3.8) is 0 Å². The molecule has 8 nitrogen and oxygen atoms in total. The molecule has 1 aromatic heterocycles. The Hall–Kier alpha value is -5.12. The summed E-state index contributed by atoms with van der Waals surface area (Å²) < 4.78 is 10.7. The minimum atomic E-state index is -0.796. The minimum Gasteiger partial charge on any atom is -0.494 e. The molecule has 0 saturated carbocycles. The van der Waals surface area contributed by atoms with Crippen LogP contribution in [-0.4, -0.2) is 39.5 Å². The predicted molar refractivity (Wildman–Crippen MR) is 211 cm³/mol. The number of aromatic hydroxyl groups is 1. The Kier molecular flexibility index (Phi) is 15.3. The maximum Gasteiger partial charge on any atom is 0.264 e. The van der Waals surface area contributed by atoms with Gasteiger partial charge < -0.3 is 20.3 Å². The first-order valence-electron chi connectivity index (χ1n) is 15.9. The molecule has 0 fully saturated rings. The van der Waals surface area contributed by atoms with Gasteiger partial charge in [-0.25, -0.2) is 9.78 Å². The van der Waals surface area contributed by atoms with E-state index in [4.69, 9.17) is 39.0 Å². The molecule has 0 amide bonds. The maximum absolute atomic E-state index is 12.7. The Bertz CT molecular complexity index is 2070. The molecular formula is C40H39ClN2O6S2. The van der Waals surface area contributed by atoms with Gasteiger partial charge in [-0.1, -0.05) is 84.2 Å². The topological polar surface area (TPSA) is 129 Å². The van der Waals surface area contributed by atoms with E-state index in [0.29, 0.717) is 40.1 Å². The molecular weight excluding hydrogens is 704 g/mol. The highest BCUT2D eigenvalue weighted by Crippen LogP contribution is 2.35. The number of hydrogen-bond donors (Lipinski definition) is 2. The third-order valence-corrected chi connectivity index (χ3v) is 8.67. The Morgan fingerprint density at radius 3 is 1.71 bits per heavy atom. The number of nitrogens with two attached hydrogens (primary N) is 1. The Balaban J connectivity index is 0.000000232. The Morgan fingerprint density at radius 1 is 0.843 bits per heavy atom. The van der Waals surface area contributed by atoms with Gasteiger partial charge in [0, 0.05) is 16.7 Å². The predicted octanol–water partition coefficient (Wildman–Crippen LogP) is 8.56. The van der Waals surface area contributed by atoms with Crippen molar-refractivity contribution in [2.75, 3.05) is 13.2 Å². The number of allylic oxidation sites excluding steroid dienone is 1. The average Bonchev–Trinajstić information content (AvgIpc) is 3.08. The van der Waals surface area contributed by atoms with Crippen LogP contribution in [0.25, 0.3) is 27.3 Å². The lowest BCUT2D eigenvalue weighted by Gasteiger charge is -2.13. The lowest BCUT2D eigenvalue weighted by Crippen LogP contribution is -2.08. The molecule has 11 heteroatoms. The number of aryl methyl sites for hydroxylation is 4. The highest BCUT2D eigenvalue weighted by atomic mass is 35.5. The Morgan fingerprint density at radius 2 is 1.31 bits per heavy atom. The molecule has 0 aliphatic carbocycles. The minimum absolute atomic E-state index is 0.135. The molecule has 4 aromatic carbocycles. The number of benzene rings is 4. The van der Waals surface area contributed by atoms with E-state index in [-0.39, 0.29) is 21.8 Å². The summed E-state index contributed by atoms with van der Waals surface area (Å²) in [4.78, 5) is 39.3. The molecule has 0 radical (unpaired) electrons. The first-order chi connectivity index (χ1) is 24.3. The smallest absolute Gasteiger partial charge is 0.264 e. The number of carbonyl (C=O) groups excluding carboxylic acids is 2. The van der Waals surface area contributed by atoms with E-state index in [0.717, 1.165) is 50.5 Å². The van der Waals surface area contributed by atoms with Gasteiger partial charge in [-0.15, -0.1) is 0 Å². The van der Waals surface area contributed by atoms with Crippen molar-refractivity contribution in [3.05, 3.63) is 128 Å². The fourth-order valence-electron chi connectivity index (χ4n) is 5.25. The second-order valence-electron chi connectivity index (χ2n) is 11.1. The van der Waals surface area contributed by atoms with E-state index < -0.39 is 5.24 Å². The van der Waals surface area contributed by atoms with Crippen LogP contribution in [0, 0.1) is 27.7 Å². The quantitative estimate of drug-likeness (QED) is 0.0661. The largest absolute Gasteiger partial charge is 0.494 e. The molecule has 0 aliphatic rings. The number of carbonyl (C=O) groups is 1. The van der Waals surface area contributed by atoms with Crippen molar-refractivity contribution in [2.24, 2.45) is 5.73 Å². The van der Waals surface area contributed by atoms with E-state index >= 15 is 0 Å². The summed E-state index contributed by atoms with van der Waals surface area (Å²) in [5.41, 5.74) is 11.7. The fourth-order valence-corrected chi connectivity index (χ4v) is 6.38. The molecule has 51 heavy (non-hydrogen) atoms. The van der Waals surface area contributed by atoms with Crippen molar-refractivity contribution in [3.8, 4) is 39.1 Å². The average molecular weight is 743 g/mol. The molecule has 0 spiro atoms. The molecule has 5 aromatic rings. The van der Waals surface area contributed by atoms with Gasteiger partial charge in [-0.3, -0.25) is 9.59 Å². The summed E-state index contributed by atoms with van der Waals surface area (Å²) in [5.74, 6) is 2.82. The zero-order valence-corrected chi connectivity index (χ0v) is 31.6. The van der Waals surface area contributed by atoms with Gasteiger partial charge in [-0.2, -0.15) is 0 Å². The van der Waals surface area contributed by atoms with Crippen molar-refractivity contribution in [1.82, 2.24) is 4.98 Å². The van der Waals surface area contributed by atoms with Crippen molar-refractivity contribution in [1.29, 1.82) is 0 Å². The van der Waals surface area contributed by atoms with Gasteiger partial charge in [0.2, 0.25) is 10.6 Å². The van der Waals surface area contributed by atoms with Gasteiger partial charge in [0.05, 0.1) is 13.2 Å². The second-order valence-corrected chi connectivity index (χ2v) is 12.8. The van der Waals surface area contributed by atoms with Crippen molar-refractivity contribution < 1.29 is 24.2 Å². The van der Waals surface area contributed by atoms with Crippen LogP contribution < -0.4 is 19.9 Å². The number of hydrogen-bond acceptors (Lipinski definition) is 9. The normalized spacial score (nSPS) is 10.0. The van der Waals surface area contributed by atoms with Gasteiger partial charge in [0.25, 0.3) is 5.24 Å². The molecule has 3 N–H and O–H groups in total.